The number of imidazole rings is 1. The van der Waals surface area contributed by atoms with Crippen molar-refractivity contribution in [3.63, 3.8) is 0 Å². The lowest BCUT2D eigenvalue weighted by molar-refractivity contribution is -0.115. The van der Waals surface area contributed by atoms with Gasteiger partial charge < -0.3 is 4.98 Å². The quantitative estimate of drug-likeness (QED) is 0.629. The fraction of sp³-hybridized carbons (Fsp3) is 0.333. The molecule has 1 aromatic rings. The summed E-state index contributed by atoms with van der Waals surface area (Å²) in [5.74, 6) is 0.657. The van der Waals surface area contributed by atoms with Crippen LogP contribution in [0.5, 0.6) is 0 Å². The first-order valence-corrected chi connectivity index (χ1v) is 3.75. The molecule has 0 aromatic carbocycles. The van der Waals surface area contributed by atoms with Gasteiger partial charge in [0.2, 0.25) is 11.9 Å². The number of carbonyl (C=O) groups is 1. The van der Waals surface area contributed by atoms with Crippen molar-refractivity contribution in [2.45, 2.75) is 0 Å². The molecule has 0 fully saturated rings. The Kier molecular flexibility index (Phi) is 2.53. The van der Waals surface area contributed by atoms with Crippen molar-refractivity contribution in [1.82, 2.24) is 9.97 Å². The Labute approximate surface area is 70.0 Å². The second-order valence-electron chi connectivity index (χ2n) is 2.02. The van der Waals surface area contributed by atoms with E-state index in [1.54, 1.807) is 19.4 Å². The van der Waals surface area contributed by atoms with Gasteiger partial charge >= 0.3 is 0 Å². The molecule has 0 unspecified atom stereocenters. The van der Waals surface area contributed by atoms with Crippen molar-refractivity contribution < 1.29 is 4.79 Å². The Hall–Kier alpha value is -0.970. The first kappa shape index (κ1) is 8.13. The number of hydrogen-bond donors (Lipinski definition) is 2. The smallest absolute Gasteiger partial charge is 0.238 e. The number of rotatable bonds is 2. The molecule has 0 saturated heterocycles. The van der Waals surface area contributed by atoms with Crippen LogP contribution in [-0.4, -0.2) is 28.7 Å². The van der Waals surface area contributed by atoms with E-state index in [1.165, 1.54) is 4.90 Å². The van der Waals surface area contributed by atoms with Crippen molar-refractivity contribution in [2.75, 3.05) is 17.7 Å². The summed E-state index contributed by atoms with van der Waals surface area (Å²) in [6, 6.07) is 0. The minimum absolute atomic E-state index is 0.0803. The Balaban J connectivity index is 2.70. The average molecular weight is 171 g/mol. The fourth-order valence-corrected chi connectivity index (χ4v) is 0.877. The third-order valence-electron chi connectivity index (χ3n) is 1.31. The topological polar surface area (TPSA) is 49.0 Å². The molecule has 0 atom stereocenters. The van der Waals surface area contributed by atoms with E-state index in [2.05, 4.69) is 22.6 Å². The highest BCUT2D eigenvalue weighted by Gasteiger charge is 2.09. The van der Waals surface area contributed by atoms with E-state index in [0.717, 1.165) is 0 Å². The van der Waals surface area contributed by atoms with Crippen LogP contribution in [0.1, 0.15) is 0 Å². The molecular formula is C6H9N3OS. The van der Waals surface area contributed by atoms with Gasteiger partial charge in [0.25, 0.3) is 0 Å². The minimum atomic E-state index is -0.0803. The molecule has 0 aliphatic carbocycles. The molecule has 0 bridgehead atoms. The van der Waals surface area contributed by atoms with E-state index >= 15 is 0 Å². The Morgan fingerprint density at radius 3 is 3.09 bits per heavy atom. The number of thiol groups is 1. The lowest BCUT2D eigenvalue weighted by Gasteiger charge is -2.11. The molecule has 4 nitrogen and oxygen atoms in total. The van der Waals surface area contributed by atoms with Gasteiger partial charge in [-0.1, -0.05) is 0 Å². The summed E-state index contributed by atoms with van der Waals surface area (Å²) in [6.45, 7) is 0. The van der Waals surface area contributed by atoms with Crippen LogP contribution >= 0.6 is 12.6 Å². The number of H-pyrrole nitrogens is 1. The molecular weight excluding hydrogens is 162 g/mol. The van der Waals surface area contributed by atoms with Crippen LogP contribution in [0.4, 0.5) is 5.95 Å². The summed E-state index contributed by atoms with van der Waals surface area (Å²) in [7, 11) is 1.65. The molecule has 0 aliphatic heterocycles. The first-order chi connectivity index (χ1) is 5.25. The Morgan fingerprint density at radius 2 is 2.64 bits per heavy atom. The second-order valence-corrected chi connectivity index (χ2v) is 2.34. The van der Waals surface area contributed by atoms with Crippen LogP contribution < -0.4 is 4.90 Å². The van der Waals surface area contributed by atoms with Crippen LogP contribution in [0.3, 0.4) is 0 Å². The maximum atomic E-state index is 11.0. The van der Waals surface area contributed by atoms with Crippen LogP contribution in [0.15, 0.2) is 12.4 Å². The SMILES string of the molecule is CN(C(=O)CS)c1ncc[nH]1. The van der Waals surface area contributed by atoms with E-state index in [4.69, 9.17) is 0 Å². The third kappa shape index (κ3) is 1.74. The summed E-state index contributed by atoms with van der Waals surface area (Å²) in [5.41, 5.74) is 0. The number of aromatic amines is 1. The number of aromatic nitrogens is 2. The molecule has 0 saturated carbocycles. The van der Waals surface area contributed by atoms with Gasteiger partial charge in [0.15, 0.2) is 0 Å². The number of carbonyl (C=O) groups excluding carboxylic acids is 1. The largest absolute Gasteiger partial charge is 0.331 e. The van der Waals surface area contributed by atoms with Gasteiger partial charge in [-0.25, -0.2) is 4.98 Å². The molecule has 0 radical (unpaired) electrons. The van der Waals surface area contributed by atoms with Crippen LogP contribution in [-0.2, 0) is 4.79 Å². The van der Waals surface area contributed by atoms with Crippen molar-refractivity contribution in [3.05, 3.63) is 12.4 Å². The summed E-state index contributed by atoms with van der Waals surface area (Å²) in [6.07, 6.45) is 3.26. The maximum Gasteiger partial charge on any atom is 0.238 e. The molecule has 0 spiro atoms. The Bertz CT molecular complexity index is 234. The van der Waals surface area contributed by atoms with Crippen molar-refractivity contribution >= 4 is 24.5 Å². The molecule has 5 heteroatoms. The van der Waals surface area contributed by atoms with E-state index < -0.39 is 0 Å². The van der Waals surface area contributed by atoms with Gasteiger partial charge in [0, 0.05) is 19.4 Å². The third-order valence-corrected chi connectivity index (χ3v) is 1.58. The molecule has 1 aromatic heterocycles. The average Bonchev–Trinajstić information content (AvgIpc) is 2.53. The van der Waals surface area contributed by atoms with Crippen LogP contribution in [0.2, 0.25) is 0 Å². The highest BCUT2D eigenvalue weighted by Crippen LogP contribution is 2.02. The standard InChI is InChI=1S/C6H9N3OS/c1-9(5(10)4-11)6-7-2-3-8-6/h2-3,11H,4H2,1H3,(H,7,8). The predicted octanol–water partition coefficient (Wildman–Crippen LogP) is 0.302. The zero-order valence-electron chi connectivity index (χ0n) is 6.11. The first-order valence-electron chi connectivity index (χ1n) is 3.12. The van der Waals surface area contributed by atoms with Crippen molar-refractivity contribution in [3.8, 4) is 0 Å². The number of nitrogens with one attached hydrogen (secondary N) is 1. The zero-order chi connectivity index (χ0) is 8.27. The fourth-order valence-electron chi connectivity index (χ4n) is 0.665. The summed E-state index contributed by atoms with van der Waals surface area (Å²) in [4.78, 5) is 19.1. The number of hydrogen-bond acceptors (Lipinski definition) is 3. The minimum Gasteiger partial charge on any atom is -0.331 e. The zero-order valence-corrected chi connectivity index (χ0v) is 7.01. The molecule has 1 rings (SSSR count). The van der Waals surface area contributed by atoms with Crippen LogP contribution in [0, 0.1) is 0 Å². The lowest BCUT2D eigenvalue weighted by atomic mass is 10.6. The van der Waals surface area contributed by atoms with Gasteiger partial charge in [-0.3, -0.25) is 9.69 Å². The van der Waals surface area contributed by atoms with Gasteiger partial charge in [-0.2, -0.15) is 12.6 Å². The second kappa shape index (κ2) is 3.43. The molecule has 1 N–H and O–H groups in total. The summed E-state index contributed by atoms with van der Waals surface area (Å²) in [5, 5.41) is 0. The number of nitrogens with zero attached hydrogens (tertiary/aromatic N) is 2. The van der Waals surface area contributed by atoms with E-state index in [9.17, 15) is 4.79 Å². The van der Waals surface area contributed by atoms with Crippen LogP contribution in [0.25, 0.3) is 0 Å². The summed E-state index contributed by atoms with van der Waals surface area (Å²) < 4.78 is 0. The number of amides is 1. The molecule has 0 aliphatic rings. The molecule has 11 heavy (non-hydrogen) atoms. The highest BCUT2D eigenvalue weighted by atomic mass is 32.1. The molecule has 1 amide bonds. The van der Waals surface area contributed by atoms with Crippen molar-refractivity contribution in [1.29, 1.82) is 0 Å². The monoisotopic (exact) mass is 171 g/mol. The maximum absolute atomic E-state index is 11.0. The van der Waals surface area contributed by atoms with Gasteiger partial charge in [0.1, 0.15) is 0 Å². The lowest BCUT2D eigenvalue weighted by Crippen LogP contribution is -2.28. The van der Waals surface area contributed by atoms with Gasteiger partial charge in [-0.15, -0.1) is 0 Å². The van der Waals surface area contributed by atoms with E-state index in [-0.39, 0.29) is 11.7 Å². The highest BCUT2D eigenvalue weighted by molar-refractivity contribution is 7.81. The van der Waals surface area contributed by atoms with Gasteiger partial charge in [-0.05, 0) is 0 Å². The van der Waals surface area contributed by atoms with E-state index in [1.807, 2.05) is 0 Å². The van der Waals surface area contributed by atoms with E-state index in [0.29, 0.717) is 5.95 Å². The normalized spacial score (nSPS) is 9.64. The predicted molar refractivity (Wildman–Crippen MR) is 45.9 cm³/mol. The van der Waals surface area contributed by atoms with Gasteiger partial charge in [0.05, 0.1) is 5.75 Å². The number of anilines is 1. The molecule has 1 heterocycles. The summed E-state index contributed by atoms with van der Waals surface area (Å²) >= 11 is 3.85. The Morgan fingerprint density at radius 1 is 1.91 bits per heavy atom. The van der Waals surface area contributed by atoms with Crippen molar-refractivity contribution in [2.24, 2.45) is 0 Å². The molecule has 60 valence electrons.